The molecule has 0 spiro atoms. The summed E-state index contributed by atoms with van der Waals surface area (Å²) in [6, 6.07) is 6.10. The second kappa shape index (κ2) is 7.92. The summed E-state index contributed by atoms with van der Waals surface area (Å²) >= 11 is 0. The number of carbonyl (C=O) groups is 1. The number of furan rings is 1. The van der Waals surface area contributed by atoms with Gasteiger partial charge in [0.1, 0.15) is 11.5 Å². The van der Waals surface area contributed by atoms with Crippen LogP contribution in [-0.4, -0.2) is 51.3 Å². The third-order valence-corrected chi connectivity index (χ3v) is 5.01. The van der Waals surface area contributed by atoms with Gasteiger partial charge in [-0.15, -0.1) is 0 Å². The number of aromatic nitrogens is 3. The molecule has 0 aromatic carbocycles. The van der Waals surface area contributed by atoms with Crippen molar-refractivity contribution in [1.82, 2.24) is 19.4 Å². The highest BCUT2D eigenvalue weighted by Crippen LogP contribution is 2.24. The second-order valence-corrected chi connectivity index (χ2v) is 7.00. The van der Waals surface area contributed by atoms with E-state index in [-0.39, 0.29) is 12.1 Å². The molecule has 1 N–H and O–H groups in total. The zero-order valence-electron chi connectivity index (χ0n) is 16.2. The second-order valence-electron chi connectivity index (χ2n) is 7.00. The zero-order valence-corrected chi connectivity index (χ0v) is 16.2. The molecule has 1 aliphatic heterocycles. The number of hydrogen-bond acceptors (Lipinski definition) is 6. The molecule has 3 aromatic heterocycles. The third-order valence-electron chi connectivity index (χ3n) is 5.01. The van der Waals surface area contributed by atoms with E-state index in [1.807, 2.05) is 38.2 Å². The van der Waals surface area contributed by atoms with E-state index in [1.165, 1.54) is 0 Å². The van der Waals surface area contributed by atoms with Crippen molar-refractivity contribution >= 4 is 23.1 Å². The van der Waals surface area contributed by atoms with Crippen molar-refractivity contribution in [3.8, 4) is 0 Å². The van der Waals surface area contributed by atoms with Gasteiger partial charge in [0.15, 0.2) is 0 Å². The van der Waals surface area contributed by atoms with Gasteiger partial charge in [0.25, 0.3) is 0 Å². The molecule has 1 aliphatic rings. The molecule has 0 saturated carbocycles. The van der Waals surface area contributed by atoms with Gasteiger partial charge in [-0.05, 0) is 44.9 Å². The van der Waals surface area contributed by atoms with E-state index in [0.29, 0.717) is 26.2 Å². The average Bonchev–Trinajstić information content (AvgIpc) is 3.26. The minimum atomic E-state index is -0.229. The normalized spacial score (nSPS) is 15.1. The van der Waals surface area contributed by atoms with Crippen LogP contribution in [0, 0.1) is 6.92 Å². The number of imidazole rings is 1. The summed E-state index contributed by atoms with van der Waals surface area (Å²) in [5.74, 6) is 2.56. The molecule has 8 nitrogen and oxygen atoms in total. The quantitative estimate of drug-likeness (QED) is 0.727. The van der Waals surface area contributed by atoms with Crippen LogP contribution >= 0.6 is 0 Å². The summed E-state index contributed by atoms with van der Waals surface area (Å²) < 4.78 is 12.9. The predicted molar refractivity (Wildman–Crippen MR) is 105 cm³/mol. The molecule has 1 amide bonds. The fraction of sp³-hybridized carbons (Fsp3) is 0.450. The molecule has 28 heavy (non-hydrogen) atoms. The Kier molecular flexibility index (Phi) is 5.18. The number of ether oxygens (including phenoxy) is 1. The predicted octanol–water partition coefficient (Wildman–Crippen LogP) is 3.41. The molecule has 148 valence electrons. The fourth-order valence-corrected chi connectivity index (χ4v) is 3.57. The van der Waals surface area contributed by atoms with Gasteiger partial charge in [-0.3, -0.25) is 4.98 Å². The van der Waals surface area contributed by atoms with Crippen LogP contribution < -0.4 is 5.32 Å². The molecule has 4 heterocycles. The van der Waals surface area contributed by atoms with Crippen LogP contribution in [0.4, 0.5) is 10.7 Å². The topological polar surface area (TPSA) is 85.4 Å². The largest absolute Gasteiger partial charge is 0.464 e. The van der Waals surface area contributed by atoms with E-state index < -0.39 is 0 Å². The minimum absolute atomic E-state index is 0.229. The van der Waals surface area contributed by atoms with Gasteiger partial charge < -0.3 is 23.9 Å². The number of likely N-dealkylation sites (tertiary alicyclic amines) is 1. The molecular weight excluding hydrogens is 358 g/mol. The third kappa shape index (κ3) is 3.81. The maximum atomic E-state index is 11.9. The van der Waals surface area contributed by atoms with Gasteiger partial charge in [0, 0.05) is 25.3 Å². The Bertz CT molecular complexity index is 956. The Labute approximate surface area is 163 Å². The minimum Gasteiger partial charge on any atom is -0.464 e. The lowest BCUT2D eigenvalue weighted by Crippen LogP contribution is -2.42. The molecule has 1 saturated heterocycles. The number of aryl methyl sites for hydroxylation is 1. The number of anilines is 1. The van der Waals surface area contributed by atoms with Crippen LogP contribution in [-0.2, 0) is 11.3 Å². The summed E-state index contributed by atoms with van der Waals surface area (Å²) in [4.78, 5) is 22.7. The number of nitrogens with zero attached hydrogens (tertiary/aromatic N) is 4. The molecule has 3 aromatic rings. The first kappa shape index (κ1) is 18.3. The SMILES string of the molecule is CCOC(=O)N1CCC(Nc2nc3ccncc3n2Cc2ccc(C)o2)CC1. The van der Waals surface area contributed by atoms with Crippen LogP contribution in [0.3, 0.4) is 0 Å². The molecular formula is C20H25N5O3. The van der Waals surface area contributed by atoms with Crippen LogP contribution in [0.15, 0.2) is 35.0 Å². The average molecular weight is 383 g/mol. The highest BCUT2D eigenvalue weighted by atomic mass is 16.6. The van der Waals surface area contributed by atoms with Crippen molar-refractivity contribution in [2.75, 3.05) is 25.0 Å². The standard InChI is InChI=1S/C20H25N5O3/c1-3-27-20(26)24-10-7-15(8-11-24)22-19-23-17-6-9-21-12-18(17)25(19)13-16-5-4-14(2)28-16/h4-6,9,12,15H,3,7-8,10-11,13H2,1-2H3,(H,22,23). The Morgan fingerprint density at radius 3 is 2.86 bits per heavy atom. The van der Waals surface area contributed by atoms with Crippen molar-refractivity contribution in [3.63, 3.8) is 0 Å². The number of pyridine rings is 1. The Morgan fingerprint density at radius 2 is 2.14 bits per heavy atom. The number of carbonyl (C=O) groups excluding carboxylic acids is 1. The monoisotopic (exact) mass is 383 g/mol. The lowest BCUT2D eigenvalue weighted by molar-refractivity contribution is 0.0983. The van der Waals surface area contributed by atoms with E-state index in [4.69, 9.17) is 14.1 Å². The van der Waals surface area contributed by atoms with Gasteiger partial charge in [-0.25, -0.2) is 9.78 Å². The van der Waals surface area contributed by atoms with Gasteiger partial charge in [0.2, 0.25) is 5.95 Å². The Balaban J connectivity index is 1.51. The van der Waals surface area contributed by atoms with Crippen molar-refractivity contribution in [2.24, 2.45) is 0 Å². The summed E-state index contributed by atoms with van der Waals surface area (Å²) in [6.07, 6.45) is 5.04. The Morgan fingerprint density at radius 1 is 1.32 bits per heavy atom. The smallest absolute Gasteiger partial charge is 0.409 e. The van der Waals surface area contributed by atoms with Crippen molar-refractivity contribution in [3.05, 3.63) is 42.1 Å². The van der Waals surface area contributed by atoms with Crippen LogP contribution in [0.5, 0.6) is 0 Å². The van der Waals surface area contributed by atoms with E-state index in [2.05, 4.69) is 14.9 Å². The number of amides is 1. The maximum absolute atomic E-state index is 11.9. The van der Waals surface area contributed by atoms with E-state index in [9.17, 15) is 4.79 Å². The maximum Gasteiger partial charge on any atom is 0.409 e. The first-order chi connectivity index (χ1) is 13.6. The first-order valence-corrected chi connectivity index (χ1v) is 9.68. The summed E-state index contributed by atoms with van der Waals surface area (Å²) in [6.45, 7) is 6.10. The van der Waals surface area contributed by atoms with Crippen molar-refractivity contribution < 1.29 is 13.9 Å². The van der Waals surface area contributed by atoms with E-state index >= 15 is 0 Å². The van der Waals surface area contributed by atoms with Crippen LogP contribution in [0.25, 0.3) is 11.0 Å². The molecule has 4 rings (SSSR count). The van der Waals surface area contributed by atoms with Crippen molar-refractivity contribution in [1.29, 1.82) is 0 Å². The number of rotatable bonds is 5. The van der Waals surface area contributed by atoms with Gasteiger partial charge >= 0.3 is 6.09 Å². The molecule has 0 bridgehead atoms. The molecule has 0 radical (unpaired) electrons. The van der Waals surface area contributed by atoms with Crippen LogP contribution in [0.2, 0.25) is 0 Å². The lowest BCUT2D eigenvalue weighted by Gasteiger charge is -2.31. The van der Waals surface area contributed by atoms with Crippen molar-refractivity contribution in [2.45, 2.75) is 39.3 Å². The molecule has 1 fully saturated rings. The lowest BCUT2D eigenvalue weighted by atomic mass is 10.1. The van der Waals surface area contributed by atoms with E-state index in [1.54, 1.807) is 11.1 Å². The van der Waals surface area contributed by atoms with Crippen LogP contribution in [0.1, 0.15) is 31.3 Å². The molecule has 0 unspecified atom stereocenters. The number of nitrogens with one attached hydrogen (secondary N) is 1. The molecule has 0 aliphatic carbocycles. The highest BCUT2D eigenvalue weighted by Gasteiger charge is 2.25. The Hall–Kier alpha value is -3.03. The molecule has 0 atom stereocenters. The first-order valence-electron chi connectivity index (χ1n) is 9.68. The zero-order chi connectivity index (χ0) is 19.5. The highest BCUT2D eigenvalue weighted by molar-refractivity contribution is 5.77. The number of hydrogen-bond donors (Lipinski definition) is 1. The number of fused-ring (bicyclic) bond motifs is 1. The fourth-order valence-electron chi connectivity index (χ4n) is 3.57. The summed E-state index contributed by atoms with van der Waals surface area (Å²) in [7, 11) is 0. The van der Waals surface area contributed by atoms with Gasteiger partial charge in [-0.2, -0.15) is 0 Å². The molecule has 8 heteroatoms. The number of piperidine rings is 1. The van der Waals surface area contributed by atoms with E-state index in [0.717, 1.165) is 41.3 Å². The summed E-state index contributed by atoms with van der Waals surface area (Å²) in [5, 5.41) is 3.56. The summed E-state index contributed by atoms with van der Waals surface area (Å²) in [5.41, 5.74) is 1.85. The van der Waals surface area contributed by atoms with Gasteiger partial charge in [-0.1, -0.05) is 0 Å². The van der Waals surface area contributed by atoms with Gasteiger partial charge in [0.05, 0.1) is 30.4 Å².